The van der Waals surface area contributed by atoms with Gasteiger partial charge in [-0.15, -0.1) is 10.2 Å². The summed E-state index contributed by atoms with van der Waals surface area (Å²) in [5, 5.41) is 13.8. The van der Waals surface area contributed by atoms with E-state index in [0.717, 1.165) is 32.8 Å². The molecule has 0 amide bonds. The summed E-state index contributed by atoms with van der Waals surface area (Å²) >= 11 is 1.53. The van der Waals surface area contributed by atoms with Crippen LogP contribution in [0.25, 0.3) is 22.1 Å². The van der Waals surface area contributed by atoms with E-state index in [2.05, 4.69) is 20.3 Å². The molecule has 0 aliphatic rings. The van der Waals surface area contributed by atoms with E-state index < -0.39 is 0 Å². The number of aromatic nitrogens is 6. The fourth-order valence-electron chi connectivity index (χ4n) is 2.24. The molecular weight excluding hydrogens is 260 g/mol. The maximum absolute atomic E-state index is 4.54. The number of hydrogen-bond donors (Lipinski definition) is 0. The Labute approximate surface area is 112 Å². The smallest absolute Gasteiger partial charge is 0.235 e. The van der Waals surface area contributed by atoms with Crippen LogP contribution in [0.1, 0.15) is 10.7 Å². The number of hydrogen-bond acceptors (Lipinski definition) is 5. The summed E-state index contributed by atoms with van der Waals surface area (Å²) in [5.41, 5.74) is 2.76. The second-order valence-electron chi connectivity index (χ2n) is 4.31. The number of aryl methyl sites for hydroxylation is 2. The zero-order chi connectivity index (χ0) is 13.0. The van der Waals surface area contributed by atoms with Crippen molar-refractivity contribution in [3.8, 4) is 11.5 Å². The third kappa shape index (κ3) is 1.42. The van der Waals surface area contributed by atoms with Gasteiger partial charge >= 0.3 is 0 Å². The van der Waals surface area contributed by atoms with Crippen molar-refractivity contribution in [3.63, 3.8) is 0 Å². The van der Waals surface area contributed by atoms with Crippen LogP contribution in [-0.4, -0.2) is 29.2 Å². The van der Waals surface area contributed by atoms with Gasteiger partial charge in [-0.25, -0.2) is 4.98 Å². The van der Waals surface area contributed by atoms with Crippen molar-refractivity contribution in [2.75, 3.05) is 0 Å². The largest absolute Gasteiger partial charge is 0.297 e. The van der Waals surface area contributed by atoms with Crippen LogP contribution in [0.5, 0.6) is 0 Å². The van der Waals surface area contributed by atoms with E-state index >= 15 is 0 Å². The highest BCUT2D eigenvalue weighted by atomic mass is 32.1. The summed E-state index contributed by atoms with van der Waals surface area (Å²) in [6.07, 6.45) is 1.98. The minimum atomic E-state index is 0.732. The number of rotatable bonds is 1. The number of fused-ring (bicyclic) bond motifs is 2. The fourth-order valence-corrected chi connectivity index (χ4v) is 2.93. The quantitative estimate of drug-likeness (QED) is 0.531. The van der Waals surface area contributed by atoms with Crippen LogP contribution in [0.3, 0.4) is 0 Å². The van der Waals surface area contributed by atoms with Crippen molar-refractivity contribution in [2.45, 2.75) is 13.8 Å². The third-order valence-electron chi connectivity index (χ3n) is 3.01. The second-order valence-corrected chi connectivity index (χ2v) is 5.47. The molecule has 4 aromatic rings. The molecule has 0 atom stereocenters. The predicted molar refractivity (Wildman–Crippen MR) is 72.3 cm³/mol. The van der Waals surface area contributed by atoms with Crippen molar-refractivity contribution in [1.29, 1.82) is 0 Å². The van der Waals surface area contributed by atoms with Crippen molar-refractivity contribution in [2.24, 2.45) is 0 Å². The topological polar surface area (TPSA) is 60.4 Å². The SMILES string of the molecule is Cc1nn2c(-c3c(C)nc4ccccn34)nnc2s1. The molecule has 0 saturated carbocycles. The van der Waals surface area contributed by atoms with Crippen LogP contribution in [0, 0.1) is 13.8 Å². The maximum Gasteiger partial charge on any atom is 0.235 e. The van der Waals surface area contributed by atoms with Gasteiger partial charge in [-0.3, -0.25) is 4.40 Å². The Hall–Kier alpha value is -2.28. The van der Waals surface area contributed by atoms with E-state index in [-0.39, 0.29) is 0 Å². The van der Waals surface area contributed by atoms with E-state index in [4.69, 9.17) is 0 Å². The Morgan fingerprint density at radius 3 is 2.95 bits per heavy atom. The molecule has 0 spiro atoms. The van der Waals surface area contributed by atoms with Gasteiger partial charge in [0.2, 0.25) is 10.8 Å². The van der Waals surface area contributed by atoms with Gasteiger partial charge < -0.3 is 0 Å². The van der Waals surface area contributed by atoms with Crippen LogP contribution >= 0.6 is 11.3 Å². The number of nitrogens with zero attached hydrogens (tertiary/aromatic N) is 6. The molecule has 0 N–H and O–H groups in total. The number of pyridine rings is 1. The van der Waals surface area contributed by atoms with Gasteiger partial charge in [-0.2, -0.15) is 9.61 Å². The zero-order valence-electron chi connectivity index (χ0n) is 10.4. The highest BCUT2D eigenvalue weighted by molar-refractivity contribution is 7.16. The predicted octanol–water partition coefficient (Wildman–Crippen LogP) is 2.12. The molecule has 0 aromatic carbocycles. The standard InChI is InChI=1S/C12H10N6S/c1-7-10(17-6-4-3-5-9(17)13-7)11-14-15-12-18(11)16-8(2)19-12/h3-6H,1-2H3. The fraction of sp³-hybridized carbons (Fsp3) is 0.167. The van der Waals surface area contributed by atoms with Crippen LogP contribution in [0.4, 0.5) is 0 Å². The van der Waals surface area contributed by atoms with Crippen LogP contribution in [0.15, 0.2) is 24.4 Å². The lowest BCUT2D eigenvalue weighted by atomic mass is 10.3. The molecule has 6 nitrogen and oxygen atoms in total. The van der Waals surface area contributed by atoms with Crippen LogP contribution < -0.4 is 0 Å². The molecule has 0 bridgehead atoms. The van der Waals surface area contributed by atoms with Gasteiger partial charge in [0.25, 0.3) is 0 Å². The van der Waals surface area contributed by atoms with Crippen LogP contribution in [0.2, 0.25) is 0 Å². The molecule has 4 rings (SSSR count). The van der Waals surface area contributed by atoms with Crippen molar-refractivity contribution >= 4 is 21.9 Å². The average Bonchev–Trinajstić information content (AvgIpc) is 3.01. The molecular formula is C12H10N6S. The first-order valence-corrected chi connectivity index (χ1v) is 6.68. The minimum Gasteiger partial charge on any atom is -0.297 e. The van der Waals surface area contributed by atoms with Gasteiger partial charge in [0.15, 0.2) is 0 Å². The molecule has 4 aromatic heterocycles. The summed E-state index contributed by atoms with van der Waals surface area (Å²) in [6, 6.07) is 5.92. The Bertz CT molecular complexity index is 900. The lowest BCUT2D eigenvalue weighted by Gasteiger charge is -1.98. The Balaban J connectivity index is 2.11. The van der Waals surface area contributed by atoms with E-state index in [1.807, 2.05) is 42.6 Å². The molecule has 0 unspecified atom stereocenters. The van der Waals surface area contributed by atoms with E-state index in [1.54, 1.807) is 4.52 Å². The molecule has 0 aliphatic heterocycles. The van der Waals surface area contributed by atoms with E-state index in [9.17, 15) is 0 Å². The minimum absolute atomic E-state index is 0.732. The first-order chi connectivity index (χ1) is 9.24. The van der Waals surface area contributed by atoms with Gasteiger partial charge in [-0.1, -0.05) is 17.4 Å². The Morgan fingerprint density at radius 1 is 1.16 bits per heavy atom. The lowest BCUT2D eigenvalue weighted by molar-refractivity contribution is 0.928. The Kier molecular flexibility index (Phi) is 2.02. The van der Waals surface area contributed by atoms with Crippen molar-refractivity contribution in [1.82, 2.24) is 29.2 Å². The van der Waals surface area contributed by atoms with E-state index in [0.29, 0.717) is 0 Å². The normalized spacial score (nSPS) is 11.7. The second kappa shape index (κ2) is 3.61. The van der Waals surface area contributed by atoms with Crippen molar-refractivity contribution in [3.05, 3.63) is 35.1 Å². The van der Waals surface area contributed by atoms with Crippen molar-refractivity contribution < 1.29 is 0 Å². The molecule has 0 saturated heterocycles. The molecule has 0 radical (unpaired) electrons. The van der Waals surface area contributed by atoms with Crippen LogP contribution in [-0.2, 0) is 0 Å². The summed E-state index contributed by atoms with van der Waals surface area (Å²) < 4.78 is 3.80. The molecule has 19 heavy (non-hydrogen) atoms. The van der Waals surface area contributed by atoms with Gasteiger partial charge in [0.1, 0.15) is 16.3 Å². The van der Waals surface area contributed by atoms with Gasteiger partial charge in [0.05, 0.1) is 5.69 Å². The Morgan fingerprint density at radius 2 is 2.05 bits per heavy atom. The van der Waals surface area contributed by atoms with Gasteiger partial charge in [0, 0.05) is 6.20 Å². The molecule has 4 heterocycles. The average molecular weight is 270 g/mol. The zero-order valence-corrected chi connectivity index (χ0v) is 11.2. The van der Waals surface area contributed by atoms with Gasteiger partial charge in [-0.05, 0) is 26.0 Å². The molecule has 0 aliphatic carbocycles. The number of imidazole rings is 1. The summed E-state index contributed by atoms with van der Waals surface area (Å²) in [4.78, 5) is 5.34. The highest BCUT2D eigenvalue weighted by Gasteiger charge is 2.18. The highest BCUT2D eigenvalue weighted by Crippen LogP contribution is 2.25. The first-order valence-electron chi connectivity index (χ1n) is 5.87. The third-order valence-corrected chi connectivity index (χ3v) is 3.82. The maximum atomic E-state index is 4.54. The monoisotopic (exact) mass is 270 g/mol. The summed E-state index contributed by atoms with van der Waals surface area (Å²) in [6.45, 7) is 3.94. The molecule has 94 valence electrons. The summed E-state index contributed by atoms with van der Waals surface area (Å²) in [5.74, 6) is 0.732. The first kappa shape index (κ1) is 10.6. The molecule has 7 heteroatoms. The molecule has 0 fully saturated rings. The van der Waals surface area contributed by atoms with E-state index in [1.165, 1.54) is 11.3 Å². The lowest BCUT2D eigenvalue weighted by Crippen LogP contribution is -1.96. The summed E-state index contributed by atoms with van der Waals surface area (Å²) in [7, 11) is 0.